The highest BCUT2D eigenvalue weighted by Gasteiger charge is 2.23. The van der Waals surface area contributed by atoms with Gasteiger partial charge in [0.15, 0.2) is 11.5 Å². The van der Waals surface area contributed by atoms with E-state index in [-0.39, 0.29) is 18.3 Å². The fourth-order valence-corrected chi connectivity index (χ4v) is 1.91. The summed E-state index contributed by atoms with van der Waals surface area (Å²) in [6.45, 7) is 3.84. The van der Waals surface area contributed by atoms with Gasteiger partial charge in [0, 0.05) is 0 Å². The van der Waals surface area contributed by atoms with Crippen molar-refractivity contribution in [3.05, 3.63) is 17.7 Å². The highest BCUT2D eigenvalue weighted by Crippen LogP contribution is 2.40. The summed E-state index contributed by atoms with van der Waals surface area (Å²) < 4.78 is 15.8. The maximum atomic E-state index is 10.1. The maximum absolute atomic E-state index is 10.1. The van der Waals surface area contributed by atoms with Crippen LogP contribution < -0.4 is 19.9 Å². The SMILES string of the molecule is COc1cc([C@H](N)[C@H](O)C(C)C)cc(OC)c1OC.Cl. The molecule has 0 radical (unpaired) electrons. The second-order valence-corrected chi connectivity index (χ2v) is 4.72. The molecule has 0 saturated heterocycles. The summed E-state index contributed by atoms with van der Waals surface area (Å²) >= 11 is 0. The van der Waals surface area contributed by atoms with E-state index in [1.165, 1.54) is 0 Å². The normalized spacial score (nSPS) is 13.4. The van der Waals surface area contributed by atoms with Crippen LogP contribution in [0.5, 0.6) is 17.2 Å². The zero-order valence-corrected chi connectivity index (χ0v) is 13.4. The average Bonchev–Trinajstić information content (AvgIpc) is 2.43. The van der Waals surface area contributed by atoms with E-state index in [1.54, 1.807) is 33.5 Å². The van der Waals surface area contributed by atoms with Crippen LogP contribution in [0.4, 0.5) is 0 Å². The number of ether oxygens (including phenoxy) is 3. The Morgan fingerprint density at radius 2 is 1.45 bits per heavy atom. The number of aliphatic hydroxyl groups excluding tert-OH is 1. The van der Waals surface area contributed by atoms with E-state index in [0.717, 1.165) is 5.56 Å². The van der Waals surface area contributed by atoms with Crippen molar-refractivity contribution in [2.45, 2.75) is 26.0 Å². The molecule has 5 nitrogen and oxygen atoms in total. The van der Waals surface area contributed by atoms with E-state index in [1.807, 2.05) is 13.8 Å². The molecule has 0 aliphatic carbocycles. The minimum absolute atomic E-state index is 0. The van der Waals surface area contributed by atoms with E-state index in [2.05, 4.69) is 0 Å². The van der Waals surface area contributed by atoms with Gasteiger partial charge in [-0.2, -0.15) is 0 Å². The molecule has 1 aromatic rings. The van der Waals surface area contributed by atoms with Crippen molar-refractivity contribution in [1.82, 2.24) is 0 Å². The minimum Gasteiger partial charge on any atom is -0.493 e. The molecule has 0 heterocycles. The monoisotopic (exact) mass is 305 g/mol. The molecule has 0 bridgehead atoms. The predicted octanol–water partition coefficient (Wildman–Crippen LogP) is 2.15. The standard InChI is InChI=1S/C14H23NO4.ClH/c1-8(2)13(16)12(15)9-6-10(17-3)14(19-5)11(7-9)18-4;/h6-8,12-13,16H,15H2,1-5H3;1H/t12-,13+;/m0./s1. The van der Waals surface area contributed by atoms with E-state index < -0.39 is 12.1 Å². The largest absolute Gasteiger partial charge is 0.493 e. The van der Waals surface area contributed by atoms with Gasteiger partial charge in [0.2, 0.25) is 5.75 Å². The molecule has 1 aromatic carbocycles. The van der Waals surface area contributed by atoms with Crippen molar-refractivity contribution in [3.63, 3.8) is 0 Å². The molecule has 0 aromatic heterocycles. The van der Waals surface area contributed by atoms with Gasteiger partial charge in [0.25, 0.3) is 0 Å². The zero-order valence-electron chi connectivity index (χ0n) is 12.5. The van der Waals surface area contributed by atoms with Gasteiger partial charge in [-0.25, -0.2) is 0 Å². The quantitative estimate of drug-likeness (QED) is 0.842. The van der Waals surface area contributed by atoms with Gasteiger partial charge in [0.1, 0.15) is 0 Å². The summed E-state index contributed by atoms with van der Waals surface area (Å²) in [5, 5.41) is 10.1. The van der Waals surface area contributed by atoms with Gasteiger partial charge < -0.3 is 25.1 Å². The molecule has 116 valence electrons. The van der Waals surface area contributed by atoms with Crippen molar-refractivity contribution < 1.29 is 19.3 Å². The van der Waals surface area contributed by atoms with Gasteiger partial charge in [-0.15, -0.1) is 12.4 Å². The Bertz CT molecular complexity index is 401. The van der Waals surface area contributed by atoms with Gasteiger partial charge in [0.05, 0.1) is 33.5 Å². The Morgan fingerprint density at radius 1 is 1.00 bits per heavy atom. The van der Waals surface area contributed by atoms with E-state index >= 15 is 0 Å². The Kier molecular flexibility index (Phi) is 7.71. The number of hydrogen-bond donors (Lipinski definition) is 2. The molecule has 2 atom stereocenters. The third-order valence-electron chi connectivity index (χ3n) is 3.12. The highest BCUT2D eigenvalue weighted by atomic mass is 35.5. The van der Waals surface area contributed by atoms with Gasteiger partial charge in [-0.1, -0.05) is 13.8 Å². The highest BCUT2D eigenvalue weighted by molar-refractivity contribution is 5.85. The van der Waals surface area contributed by atoms with Gasteiger partial charge in [-0.3, -0.25) is 0 Å². The number of halogens is 1. The Hall–Kier alpha value is -1.17. The van der Waals surface area contributed by atoms with Crippen LogP contribution in [-0.4, -0.2) is 32.5 Å². The molecule has 1 rings (SSSR count). The molecule has 3 N–H and O–H groups in total. The Labute approximate surface area is 126 Å². The minimum atomic E-state index is -0.636. The lowest BCUT2D eigenvalue weighted by Crippen LogP contribution is -2.30. The lowest BCUT2D eigenvalue weighted by Gasteiger charge is -2.24. The van der Waals surface area contributed by atoms with E-state index in [4.69, 9.17) is 19.9 Å². The van der Waals surface area contributed by atoms with Gasteiger partial charge >= 0.3 is 0 Å². The molecule has 0 unspecified atom stereocenters. The topological polar surface area (TPSA) is 73.9 Å². The molecule has 0 saturated carbocycles. The summed E-state index contributed by atoms with van der Waals surface area (Å²) in [4.78, 5) is 0. The molecule has 0 amide bonds. The lowest BCUT2D eigenvalue weighted by molar-refractivity contribution is 0.0977. The number of rotatable bonds is 6. The molecular weight excluding hydrogens is 282 g/mol. The third-order valence-corrected chi connectivity index (χ3v) is 3.12. The van der Waals surface area contributed by atoms with Crippen LogP contribution in [0.3, 0.4) is 0 Å². The molecule has 0 spiro atoms. The van der Waals surface area contributed by atoms with Crippen LogP contribution >= 0.6 is 12.4 Å². The molecule has 6 heteroatoms. The molecule has 0 fully saturated rings. The first kappa shape index (κ1) is 18.8. The lowest BCUT2D eigenvalue weighted by atomic mass is 9.94. The van der Waals surface area contributed by atoms with E-state index in [9.17, 15) is 5.11 Å². The fraction of sp³-hybridized carbons (Fsp3) is 0.571. The van der Waals surface area contributed by atoms with Crippen molar-refractivity contribution in [1.29, 1.82) is 0 Å². The summed E-state index contributed by atoms with van der Waals surface area (Å²) in [6.07, 6.45) is -0.636. The molecule has 0 aliphatic rings. The smallest absolute Gasteiger partial charge is 0.203 e. The Balaban J connectivity index is 0.00000361. The first-order valence-electron chi connectivity index (χ1n) is 6.19. The third kappa shape index (κ3) is 3.91. The molecule has 20 heavy (non-hydrogen) atoms. The number of hydrogen-bond acceptors (Lipinski definition) is 5. The summed E-state index contributed by atoms with van der Waals surface area (Å²) in [6, 6.07) is 3.02. The maximum Gasteiger partial charge on any atom is 0.203 e. The van der Waals surface area contributed by atoms with Crippen molar-refractivity contribution in [3.8, 4) is 17.2 Å². The van der Waals surface area contributed by atoms with Crippen LogP contribution in [0.2, 0.25) is 0 Å². The first-order valence-corrected chi connectivity index (χ1v) is 6.19. The number of methoxy groups -OCH3 is 3. The van der Waals surface area contributed by atoms with Crippen molar-refractivity contribution >= 4 is 12.4 Å². The summed E-state index contributed by atoms with van der Waals surface area (Å²) in [5.74, 6) is 1.64. The second kappa shape index (κ2) is 8.19. The summed E-state index contributed by atoms with van der Waals surface area (Å²) in [7, 11) is 4.64. The van der Waals surface area contributed by atoms with Crippen LogP contribution in [0.1, 0.15) is 25.5 Å². The Morgan fingerprint density at radius 3 is 1.75 bits per heavy atom. The predicted molar refractivity (Wildman–Crippen MR) is 81.1 cm³/mol. The molecule has 0 aliphatic heterocycles. The number of nitrogens with two attached hydrogens (primary N) is 1. The number of benzene rings is 1. The van der Waals surface area contributed by atoms with Crippen LogP contribution in [-0.2, 0) is 0 Å². The molecular formula is C14H24ClNO4. The summed E-state index contributed by atoms with van der Waals surface area (Å²) in [5.41, 5.74) is 6.82. The first-order chi connectivity index (χ1) is 8.96. The van der Waals surface area contributed by atoms with Crippen molar-refractivity contribution in [2.75, 3.05) is 21.3 Å². The second-order valence-electron chi connectivity index (χ2n) is 4.72. The average molecular weight is 306 g/mol. The van der Waals surface area contributed by atoms with Crippen LogP contribution in [0.25, 0.3) is 0 Å². The van der Waals surface area contributed by atoms with Gasteiger partial charge in [-0.05, 0) is 23.6 Å². The van der Waals surface area contributed by atoms with E-state index in [0.29, 0.717) is 17.2 Å². The van der Waals surface area contributed by atoms with Crippen LogP contribution in [0.15, 0.2) is 12.1 Å². The fourth-order valence-electron chi connectivity index (χ4n) is 1.91. The zero-order chi connectivity index (χ0) is 14.6. The van der Waals surface area contributed by atoms with Crippen LogP contribution in [0, 0.1) is 5.92 Å². The van der Waals surface area contributed by atoms with Crippen molar-refractivity contribution in [2.24, 2.45) is 11.7 Å². The number of aliphatic hydroxyl groups is 1.